The second kappa shape index (κ2) is 8.90. The fraction of sp³-hybridized carbons (Fsp3) is 0.619. The van der Waals surface area contributed by atoms with E-state index in [2.05, 4.69) is 0 Å². The number of carbonyl (C=O) groups is 2. The standard InChI is InChI=1S/C21H29FN2O4/c1-23(2)19(25)13-16-7-12-28-21(14-16)8-10-24(11-9-21)20(26)15-27-18-5-3-17(22)4-6-18/h3-6,16H,7-15H2,1-2H3. The van der Waals surface area contributed by atoms with Gasteiger partial charge in [0.1, 0.15) is 11.6 Å². The van der Waals surface area contributed by atoms with E-state index in [4.69, 9.17) is 9.47 Å². The SMILES string of the molecule is CN(C)C(=O)CC1CCOC2(CCN(C(=O)COc3ccc(F)cc3)CC2)C1. The molecule has 1 atom stereocenters. The van der Waals surface area contributed by atoms with Crippen LogP contribution in [-0.4, -0.2) is 67.6 Å². The minimum absolute atomic E-state index is 0.0561. The fourth-order valence-corrected chi connectivity index (χ4v) is 4.01. The Hall–Kier alpha value is -2.15. The Morgan fingerprint density at radius 1 is 1.25 bits per heavy atom. The molecule has 154 valence electrons. The largest absolute Gasteiger partial charge is 0.484 e. The molecule has 1 unspecified atom stereocenters. The summed E-state index contributed by atoms with van der Waals surface area (Å²) in [7, 11) is 3.57. The Morgan fingerprint density at radius 3 is 2.57 bits per heavy atom. The van der Waals surface area contributed by atoms with Crippen molar-refractivity contribution in [2.75, 3.05) is 40.4 Å². The minimum Gasteiger partial charge on any atom is -0.484 e. The molecule has 0 radical (unpaired) electrons. The molecule has 2 amide bonds. The predicted octanol–water partition coefficient (Wildman–Crippen LogP) is 2.47. The van der Waals surface area contributed by atoms with E-state index in [9.17, 15) is 14.0 Å². The van der Waals surface area contributed by atoms with Crippen molar-refractivity contribution in [2.45, 2.75) is 37.7 Å². The highest BCUT2D eigenvalue weighted by Crippen LogP contribution is 2.39. The second-order valence-corrected chi connectivity index (χ2v) is 8.01. The first-order valence-corrected chi connectivity index (χ1v) is 9.87. The topological polar surface area (TPSA) is 59.1 Å². The lowest BCUT2D eigenvalue weighted by Crippen LogP contribution is -2.51. The summed E-state index contributed by atoms with van der Waals surface area (Å²) in [6.07, 6.45) is 3.91. The predicted molar refractivity (Wildman–Crippen MR) is 102 cm³/mol. The molecule has 0 aromatic heterocycles. The molecule has 28 heavy (non-hydrogen) atoms. The maximum atomic E-state index is 12.9. The van der Waals surface area contributed by atoms with E-state index in [1.807, 2.05) is 0 Å². The number of carbonyl (C=O) groups excluding carboxylic acids is 2. The van der Waals surface area contributed by atoms with Crippen LogP contribution < -0.4 is 4.74 Å². The van der Waals surface area contributed by atoms with Gasteiger partial charge in [-0.05, 0) is 55.9 Å². The van der Waals surface area contributed by atoms with Gasteiger partial charge in [0.2, 0.25) is 5.91 Å². The third kappa shape index (κ3) is 5.22. The summed E-state index contributed by atoms with van der Waals surface area (Å²) in [6, 6.07) is 5.64. The van der Waals surface area contributed by atoms with Gasteiger partial charge in [-0.1, -0.05) is 0 Å². The quantitative estimate of drug-likeness (QED) is 0.773. The first-order chi connectivity index (χ1) is 13.4. The lowest BCUT2D eigenvalue weighted by Gasteiger charge is -2.46. The summed E-state index contributed by atoms with van der Waals surface area (Å²) in [6.45, 7) is 1.87. The average Bonchev–Trinajstić information content (AvgIpc) is 2.68. The number of rotatable bonds is 5. The van der Waals surface area contributed by atoms with Crippen LogP contribution in [0.25, 0.3) is 0 Å². The van der Waals surface area contributed by atoms with Gasteiger partial charge in [0.15, 0.2) is 6.61 Å². The number of hydrogen-bond donors (Lipinski definition) is 0. The van der Waals surface area contributed by atoms with Crippen LogP contribution in [0.15, 0.2) is 24.3 Å². The molecule has 0 N–H and O–H groups in total. The smallest absolute Gasteiger partial charge is 0.260 e. The molecule has 2 saturated heterocycles. The maximum absolute atomic E-state index is 12.9. The number of halogens is 1. The third-order valence-electron chi connectivity index (χ3n) is 5.76. The monoisotopic (exact) mass is 392 g/mol. The van der Waals surface area contributed by atoms with Crippen molar-refractivity contribution in [3.8, 4) is 5.75 Å². The van der Waals surface area contributed by atoms with Crippen LogP contribution in [0.1, 0.15) is 32.1 Å². The number of ether oxygens (including phenoxy) is 2. The highest BCUT2D eigenvalue weighted by Gasteiger charge is 2.41. The molecule has 0 aliphatic carbocycles. The minimum atomic E-state index is -0.335. The number of hydrogen-bond acceptors (Lipinski definition) is 4. The van der Waals surface area contributed by atoms with Gasteiger partial charge in [-0.25, -0.2) is 4.39 Å². The zero-order valence-corrected chi connectivity index (χ0v) is 16.7. The van der Waals surface area contributed by atoms with Crippen LogP contribution >= 0.6 is 0 Å². The molecule has 2 aliphatic rings. The van der Waals surface area contributed by atoms with Gasteiger partial charge in [0.25, 0.3) is 5.91 Å². The molecule has 2 heterocycles. The van der Waals surface area contributed by atoms with Gasteiger partial charge >= 0.3 is 0 Å². The molecule has 1 aromatic rings. The Labute approximate surface area is 165 Å². The van der Waals surface area contributed by atoms with Crippen LogP contribution in [0, 0.1) is 11.7 Å². The summed E-state index contributed by atoms with van der Waals surface area (Å²) >= 11 is 0. The number of amides is 2. The lowest BCUT2D eigenvalue weighted by atomic mass is 9.78. The van der Waals surface area contributed by atoms with Crippen molar-refractivity contribution < 1.29 is 23.5 Å². The van der Waals surface area contributed by atoms with Crippen LogP contribution in [0.4, 0.5) is 4.39 Å². The molecule has 2 fully saturated rings. The summed E-state index contributed by atoms with van der Waals surface area (Å²) in [5.74, 6) is 0.569. The first kappa shape index (κ1) is 20.6. The molecule has 2 aliphatic heterocycles. The molecule has 0 bridgehead atoms. The fourth-order valence-electron chi connectivity index (χ4n) is 4.01. The van der Waals surface area contributed by atoms with E-state index in [0.717, 1.165) is 25.7 Å². The van der Waals surface area contributed by atoms with E-state index in [0.29, 0.717) is 37.8 Å². The van der Waals surface area contributed by atoms with Crippen LogP contribution in [0.3, 0.4) is 0 Å². The Balaban J connectivity index is 1.47. The van der Waals surface area contributed by atoms with Crippen molar-refractivity contribution in [3.63, 3.8) is 0 Å². The number of piperidine rings is 1. The van der Waals surface area contributed by atoms with E-state index in [-0.39, 0.29) is 29.8 Å². The van der Waals surface area contributed by atoms with Crippen molar-refractivity contribution in [1.82, 2.24) is 9.80 Å². The highest BCUT2D eigenvalue weighted by atomic mass is 19.1. The van der Waals surface area contributed by atoms with Crippen LogP contribution in [-0.2, 0) is 14.3 Å². The van der Waals surface area contributed by atoms with Crippen molar-refractivity contribution in [2.24, 2.45) is 5.92 Å². The molecule has 7 heteroatoms. The molecule has 6 nitrogen and oxygen atoms in total. The zero-order valence-electron chi connectivity index (χ0n) is 16.7. The van der Waals surface area contributed by atoms with Crippen molar-refractivity contribution >= 4 is 11.8 Å². The average molecular weight is 392 g/mol. The molecule has 1 aromatic carbocycles. The second-order valence-electron chi connectivity index (χ2n) is 8.01. The Morgan fingerprint density at radius 2 is 1.93 bits per heavy atom. The number of benzene rings is 1. The summed E-state index contributed by atoms with van der Waals surface area (Å²) in [5.41, 5.74) is -0.218. The van der Waals surface area contributed by atoms with Crippen molar-refractivity contribution in [1.29, 1.82) is 0 Å². The van der Waals surface area contributed by atoms with Crippen LogP contribution in [0.2, 0.25) is 0 Å². The lowest BCUT2D eigenvalue weighted by molar-refractivity contribution is -0.150. The summed E-state index contributed by atoms with van der Waals surface area (Å²) in [4.78, 5) is 27.9. The number of nitrogens with zero attached hydrogens (tertiary/aromatic N) is 2. The van der Waals surface area contributed by atoms with E-state index in [1.54, 1.807) is 23.9 Å². The molecule has 1 spiro atoms. The normalized spacial score (nSPS) is 21.4. The molecule has 3 rings (SSSR count). The summed E-state index contributed by atoms with van der Waals surface area (Å²) < 4.78 is 24.5. The molecule has 0 saturated carbocycles. The van der Waals surface area contributed by atoms with Gasteiger partial charge in [0, 0.05) is 40.2 Å². The van der Waals surface area contributed by atoms with Gasteiger partial charge in [-0.2, -0.15) is 0 Å². The Kier molecular flexibility index (Phi) is 6.54. The van der Waals surface area contributed by atoms with E-state index >= 15 is 0 Å². The van der Waals surface area contributed by atoms with E-state index < -0.39 is 0 Å². The molecular formula is C21H29FN2O4. The van der Waals surface area contributed by atoms with Crippen LogP contribution in [0.5, 0.6) is 5.75 Å². The number of likely N-dealkylation sites (tertiary alicyclic amines) is 1. The van der Waals surface area contributed by atoms with Gasteiger partial charge in [0.05, 0.1) is 5.60 Å². The third-order valence-corrected chi connectivity index (χ3v) is 5.76. The van der Waals surface area contributed by atoms with Gasteiger partial charge in [-0.15, -0.1) is 0 Å². The summed E-state index contributed by atoms with van der Waals surface area (Å²) in [5, 5.41) is 0. The first-order valence-electron chi connectivity index (χ1n) is 9.87. The van der Waals surface area contributed by atoms with Crippen molar-refractivity contribution in [3.05, 3.63) is 30.1 Å². The maximum Gasteiger partial charge on any atom is 0.260 e. The van der Waals surface area contributed by atoms with Gasteiger partial charge < -0.3 is 19.3 Å². The zero-order chi connectivity index (χ0) is 20.1. The highest BCUT2D eigenvalue weighted by molar-refractivity contribution is 5.78. The Bertz CT molecular complexity index is 684. The molecular weight excluding hydrogens is 363 g/mol. The van der Waals surface area contributed by atoms with E-state index in [1.165, 1.54) is 24.3 Å². The van der Waals surface area contributed by atoms with Gasteiger partial charge in [-0.3, -0.25) is 9.59 Å².